The van der Waals surface area contributed by atoms with Gasteiger partial charge in [-0.25, -0.2) is 0 Å². The van der Waals surface area contributed by atoms with Crippen LogP contribution in [0, 0.1) is 0 Å². The number of rotatable bonds is 8. The van der Waals surface area contributed by atoms with Crippen LogP contribution in [0.4, 0.5) is 5.69 Å². The summed E-state index contributed by atoms with van der Waals surface area (Å²) in [5.74, 6) is -0.456. The minimum absolute atomic E-state index is 0.0672. The van der Waals surface area contributed by atoms with Crippen LogP contribution in [-0.2, 0) is 4.79 Å². The van der Waals surface area contributed by atoms with Gasteiger partial charge in [0, 0.05) is 23.7 Å². The Bertz CT molecular complexity index is 552. The molecule has 22 heavy (non-hydrogen) atoms. The maximum Gasteiger partial charge on any atom is 0.303 e. The third-order valence-corrected chi connectivity index (χ3v) is 2.71. The average Bonchev–Trinajstić information content (AvgIpc) is 2.37. The number of carbonyl (C=O) groups is 2. The molecule has 0 bridgehead atoms. The summed E-state index contributed by atoms with van der Waals surface area (Å²) in [4.78, 5) is 22.7. The van der Waals surface area contributed by atoms with E-state index in [4.69, 9.17) is 20.3 Å². The van der Waals surface area contributed by atoms with Gasteiger partial charge in [0.25, 0.3) is 0 Å². The number of carboxylic acids is 1. The second-order valence-electron chi connectivity index (χ2n) is 5.54. The van der Waals surface area contributed by atoms with Crippen molar-refractivity contribution >= 4 is 17.4 Å². The van der Waals surface area contributed by atoms with Gasteiger partial charge >= 0.3 is 5.97 Å². The van der Waals surface area contributed by atoms with Crippen molar-refractivity contribution in [3.63, 3.8) is 0 Å². The van der Waals surface area contributed by atoms with Gasteiger partial charge < -0.3 is 20.3 Å². The zero-order valence-corrected chi connectivity index (χ0v) is 13.4. The van der Waals surface area contributed by atoms with Crippen LogP contribution in [-0.4, -0.2) is 29.1 Å². The number of benzene rings is 1. The molecule has 0 fully saturated rings. The molecule has 0 saturated carbocycles. The predicted molar refractivity (Wildman–Crippen MR) is 83.6 cm³/mol. The molecule has 1 aromatic carbocycles. The average molecular weight is 309 g/mol. The molecule has 0 amide bonds. The van der Waals surface area contributed by atoms with Gasteiger partial charge in [-0.05, 0) is 33.8 Å². The number of nitrogen functional groups attached to an aromatic ring is 1. The number of ketones is 1. The Balaban J connectivity index is 3.13. The van der Waals surface area contributed by atoms with Gasteiger partial charge in [-0.3, -0.25) is 9.59 Å². The summed E-state index contributed by atoms with van der Waals surface area (Å²) in [6.07, 6.45) is -0.504. The summed E-state index contributed by atoms with van der Waals surface area (Å²) in [5, 5.41) is 8.67. The van der Waals surface area contributed by atoms with Crippen LogP contribution in [0.2, 0.25) is 0 Å². The first kappa shape index (κ1) is 17.8. The van der Waals surface area contributed by atoms with E-state index >= 15 is 0 Å². The number of hydrogen-bond acceptors (Lipinski definition) is 5. The van der Waals surface area contributed by atoms with E-state index in [2.05, 4.69) is 0 Å². The molecule has 0 heterocycles. The fraction of sp³-hybridized carbons (Fsp3) is 0.500. The van der Waals surface area contributed by atoms with E-state index in [1.165, 1.54) is 6.07 Å². The molecule has 1 aromatic rings. The molecule has 0 atom stereocenters. The molecule has 0 aliphatic heterocycles. The second-order valence-corrected chi connectivity index (χ2v) is 5.54. The quantitative estimate of drug-likeness (QED) is 0.566. The van der Waals surface area contributed by atoms with Crippen molar-refractivity contribution in [2.24, 2.45) is 0 Å². The highest BCUT2D eigenvalue weighted by Gasteiger charge is 2.18. The van der Waals surface area contributed by atoms with E-state index in [-0.39, 0.29) is 42.1 Å². The number of hydrogen-bond donors (Lipinski definition) is 2. The predicted octanol–water partition coefficient (Wildman–Crippen LogP) is 2.89. The first-order valence-electron chi connectivity index (χ1n) is 7.22. The first-order chi connectivity index (χ1) is 10.2. The molecule has 6 heteroatoms. The number of nitrogens with two attached hydrogens (primary N) is 1. The number of carbonyl (C=O) groups excluding carboxylic acids is 1. The molecule has 0 aliphatic carbocycles. The fourth-order valence-electron chi connectivity index (χ4n) is 1.86. The third kappa shape index (κ3) is 5.27. The summed E-state index contributed by atoms with van der Waals surface area (Å²) in [7, 11) is 0. The molecule has 0 spiro atoms. The smallest absolute Gasteiger partial charge is 0.303 e. The highest BCUT2D eigenvalue weighted by atomic mass is 16.5. The monoisotopic (exact) mass is 309 g/mol. The summed E-state index contributed by atoms with van der Waals surface area (Å²) < 4.78 is 11.3. The number of Topliss-reactive ketones (excluding diaryl/α,β-unsaturated/α-hetero) is 1. The number of anilines is 1. The highest BCUT2D eigenvalue weighted by molar-refractivity contribution is 6.02. The van der Waals surface area contributed by atoms with Crippen LogP contribution in [0.25, 0.3) is 0 Å². The van der Waals surface area contributed by atoms with Crippen LogP contribution in [0.1, 0.15) is 50.9 Å². The van der Waals surface area contributed by atoms with Crippen molar-refractivity contribution in [2.75, 3.05) is 5.73 Å². The Morgan fingerprint density at radius 3 is 2.00 bits per heavy atom. The van der Waals surface area contributed by atoms with Gasteiger partial charge in [0.05, 0.1) is 18.6 Å². The van der Waals surface area contributed by atoms with Crippen molar-refractivity contribution in [1.82, 2.24) is 0 Å². The summed E-state index contributed by atoms with van der Waals surface area (Å²) in [6.45, 7) is 7.48. The molecular formula is C16H23NO5. The van der Waals surface area contributed by atoms with Crippen LogP contribution >= 0.6 is 0 Å². The molecule has 0 aliphatic rings. The van der Waals surface area contributed by atoms with E-state index in [0.717, 1.165) is 0 Å². The maximum absolute atomic E-state index is 12.1. The summed E-state index contributed by atoms with van der Waals surface area (Å²) in [5.41, 5.74) is 6.41. The maximum atomic E-state index is 12.1. The number of aliphatic carboxylic acids is 1. The normalized spacial score (nSPS) is 10.8. The highest BCUT2D eigenvalue weighted by Crippen LogP contribution is 2.34. The molecule has 122 valence electrons. The molecule has 0 radical (unpaired) electrons. The molecule has 0 unspecified atom stereocenters. The molecule has 0 saturated heterocycles. The lowest BCUT2D eigenvalue weighted by Crippen LogP contribution is -2.13. The Morgan fingerprint density at radius 1 is 1.05 bits per heavy atom. The Labute approximate surface area is 130 Å². The lowest BCUT2D eigenvalue weighted by Gasteiger charge is -2.19. The topological polar surface area (TPSA) is 98.9 Å². The van der Waals surface area contributed by atoms with Gasteiger partial charge in [-0.2, -0.15) is 0 Å². The van der Waals surface area contributed by atoms with Crippen molar-refractivity contribution in [1.29, 1.82) is 0 Å². The SMILES string of the molecule is CC(C)Oc1cc(N)c(C(=O)CCC(=O)O)cc1OC(C)C. The largest absolute Gasteiger partial charge is 0.487 e. The molecule has 1 rings (SSSR count). The van der Waals surface area contributed by atoms with Crippen molar-refractivity contribution in [2.45, 2.75) is 52.7 Å². The van der Waals surface area contributed by atoms with E-state index in [1.54, 1.807) is 6.07 Å². The van der Waals surface area contributed by atoms with E-state index in [1.807, 2.05) is 27.7 Å². The second kappa shape index (κ2) is 7.68. The van der Waals surface area contributed by atoms with Crippen LogP contribution in [0.15, 0.2) is 12.1 Å². The fourth-order valence-corrected chi connectivity index (χ4v) is 1.86. The lowest BCUT2D eigenvalue weighted by atomic mass is 10.0. The van der Waals surface area contributed by atoms with Crippen molar-refractivity contribution in [3.8, 4) is 11.5 Å². The van der Waals surface area contributed by atoms with E-state index in [0.29, 0.717) is 11.5 Å². The van der Waals surface area contributed by atoms with Gasteiger partial charge in [-0.15, -0.1) is 0 Å². The van der Waals surface area contributed by atoms with Gasteiger partial charge in [0.2, 0.25) is 0 Å². The van der Waals surface area contributed by atoms with Crippen molar-refractivity contribution in [3.05, 3.63) is 17.7 Å². The number of carboxylic acid groups (broad SMARTS) is 1. The molecule has 3 N–H and O–H groups in total. The molecule has 0 aromatic heterocycles. The van der Waals surface area contributed by atoms with Crippen LogP contribution < -0.4 is 15.2 Å². The van der Waals surface area contributed by atoms with E-state index < -0.39 is 5.97 Å². The van der Waals surface area contributed by atoms with E-state index in [9.17, 15) is 9.59 Å². The molecular weight excluding hydrogens is 286 g/mol. The third-order valence-electron chi connectivity index (χ3n) is 2.71. The van der Waals surface area contributed by atoms with Gasteiger partial charge in [0.15, 0.2) is 17.3 Å². The standard InChI is InChI=1S/C16H23NO5/c1-9(2)21-14-7-11(13(18)5-6-16(19)20)12(17)8-15(14)22-10(3)4/h7-10H,5-6,17H2,1-4H3,(H,19,20). The lowest BCUT2D eigenvalue weighted by molar-refractivity contribution is -0.136. The Kier molecular flexibility index (Phi) is 6.22. The van der Waals surface area contributed by atoms with Crippen molar-refractivity contribution < 1.29 is 24.2 Å². The summed E-state index contributed by atoms with van der Waals surface area (Å²) in [6, 6.07) is 3.07. The minimum Gasteiger partial charge on any atom is -0.487 e. The van der Waals surface area contributed by atoms with Crippen LogP contribution in [0.5, 0.6) is 11.5 Å². The summed E-state index contributed by atoms with van der Waals surface area (Å²) >= 11 is 0. The minimum atomic E-state index is -1.02. The number of ether oxygens (including phenoxy) is 2. The Hall–Kier alpha value is -2.24. The Morgan fingerprint density at radius 2 is 1.55 bits per heavy atom. The van der Waals surface area contributed by atoms with Crippen LogP contribution in [0.3, 0.4) is 0 Å². The zero-order chi connectivity index (χ0) is 16.9. The first-order valence-corrected chi connectivity index (χ1v) is 7.22. The zero-order valence-electron chi connectivity index (χ0n) is 13.4. The van der Waals surface area contributed by atoms with Gasteiger partial charge in [-0.1, -0.05) is 0 Å². The van der Waals surface area contributed by atoms with Gasteiger partial charge in [0.1, 0.15) is 0 Å². The molecule has 6 nitrogen and oxygen atoms in total.